The maximum Gasteiger partial charge on any atom is 0.230 e. The lowest BCUT2D eigenvalue weighted by Crippen LogP contribution is -2.51. The minimum Gasteiger partial charge on any atom is -0.381 e. The van der Waals surface area contributed by atoms with Crippen molar-refractivity contribution in [1.82, 2.24) is 5.32 Å². The number of ether oxygens (including phenoxy) is 1. The fourth-order valence-electron chi connectivity index (χ4n) is 4.97. The number of rotatable bonds is 5. The van der Waals surface area contributed by atoms with Crippen LogP contribution in [0.1, 0.15) is 49.7 Å². The number of benzene rings is 2. The molecule has 0 radical (unpaired) electrons. The van der Waals surface area contributed by atoms with Crippen LogP contribution in [-0.4, -0.2) is 25.7 Å². The fraction of sp³-hybridized carbons (Fsp3) is 0.458. The van der Waals surface area contributed by atoms with E-state index in [0.29, 0.717) is 13.2 Å². The quantitative estimate of drug-likeness (QED) is 0.698. The van der Waals surface area contributed by atoms with E-state index in [2.05, 4.69) is 63.7 Å². The highest BCUT2D eigenvalue weighted by Crippen LogP contribution is 2.41. The molecule has 1 saturated carbocycles. The van der Waals surface area contributed by atoms with E-state index in [1.54, 1.807) is 0 Å². The van der Waals surface area contributed by atoms with Crippen molar-refractivity contribution in [3.63, 3.8) is 0 Å². The molecule has 4 heteroatoms. The zero-order valence-electron chi connectivity index (χ0n) is 16.3. The Morgan fingerprint density at radius 3 is 2.18 bits per heavy atom. The van der Waals surface area contributed by atoms with Crippen molar-refractivity contribution in [3.8, 4) is 0 Å². The van der Waals surface area contributed by atoms with Gasteiger partial charge in [0.2, 0.25) is 5.91 Å². The summed E-state index contributed by atoms with van der Waals surface area (Å²) in [6.07, 6.45) is 6.22. The number of hydrogen-bond acceptors (Lipinski definition) is 2. The van der Waals surface area contributed by atoms with Crippen LogP contribution in [0.3, 0.4) is 0 Å². The first-order valence-electron chi connectivity index (χ1n) is 10.3. The first-order chi connectivity index (χ1) is 13.6. The third kappa shape index (κ3) is 3.77. The molecule has 1 aliphatic heterocycles. The van der Waals surface area contributed by atoms with Gasteiger partial charge in [-0.05, 0) is 48.9 Å². The molecule has 1 heterocycles. The van der Waals surface area contributed by atoms with Gasteiger partial charge in [-0.25, -0.2) is 0 Å². The van der Waals surface area contributed by atoms with Gasteiger partial charge in [0.25, 0.3) is 0 Å². The third-order valence-corrected chi connectivity index (χ3v) is 7.24. The Balaban J connectivity index is 1.57. The smallest absolute Gasteiger partial charge is 0.230 e. The van der Waals surface area contributed by atoms with Crippen LogP contribution in [0.5, 0.6) is 0 Å². The van der Waals surface area contributed by atoms with Crippen molar-refractivity contribution in [2.75, 3.05) is 19.8 Å². The van der Waals surface area contributed by atoms with E-state index in [1.165, 1.54) is 18.4 Å². The molecule has 2 aromatic carbocycles. The highest BCUT2D eigenvalue weighted by atomic mass is 79.9. The van der Waals surface area contributed by atoms with E-state index in [0.717, 1.165) is 42.3 Å². The molecule has 1 amide bonds. The van der Waals surface area contributed by atoms with E-state index in [4.69, 9.17) is 4.74 Å². The average molecular weight is 442 g/mol. The van der Waals surface area contributed by atoms with E-state index in [9.17, 15) is 4.79 Å². The molecule has 0 spiro atoms. The summed E-state index contributed by atoms with van der Waals surface area (Å²) < 4.78 is 6.63. The van der Waals surface area contributed by atoms with Gasteiger partial charge in [-0.1, -0.05) is 71.2 Å². The van der Waals surface area contributed by atoms with Gasteiger partial charge < -0.3 is 10.1 Å². The zero-order valence-corrected chi connectivity index (χ0v) is 17.8. The Kier molecular flexibility index (Phi) is 5.88. The molecular weight excluding hydrogens is 414 g/mol. The third-order valence-electron chi connectivity index (χ3n) is 6.71. The Labute approximate surface area is 176 Å². The first-order valence-corrected chi connectivity index (χ1v) is 11.1. The molecule has 148 valence electrons. The molecule has 0 bridgehead atoms. The van der Waals surface area contributed by atoms with Crippen LogP contribution in [0, 0.1) is 0 Å². The molecule has 0 atom stereocenters. The SMILES string of the molecule is O=C(NCC1(c2ccccc2)CCCC1)C1(c2ccc(Br)cc2)CCOCC1. The molecule has 2 aromatic rings. The molecule has 1 N–H and O–H groups in total. The predicted molar refractivity (Wildman–Crippen MR) is 115 cm³/mol. The Bertz CT molecular complexity index is 791. The van der Waals surface area contributed by atoms with Gasteiger partial charge in [0.1, 0.15) is 0 Å². The summed E-state index contributed by atoms with van der Waals surface area (Å²) in [5.74, 6) is 0.153. The molecule has 2 fully saturated rings. The summed E-state index contributed by atoms with van der Waals surface area (Å²) in [6, 6.07) is 18.9. The van der Waals surface area contributed by atoms with Crippen molar-refractivity contribution in [1.29, 1.82) is 0 Å². The summed E-state index contributed by atoms with van der Waals surface area (Å²) in [4.78, 5) is 13.6. The lowest BCUT2D eigenvalue weighted by atomic mass is 9.72. The number of halogens is 1. The van der Waals surface area contributed by atoms with Gasteiger partial charge in [-0.3, -0.25) is 4.79 Å². The van der Waals surface area contributed by atoms with Crippen LogP contribution >= 0.6 is 15.9 Å². The average Bonchev–Trinajstić information content (AvgIpc) is 3.24. The van der Waals surface area contributed by atoms with Crippen LogP contribution in [-0.2, 0) is 20.4 Å². The second kappa shape index (κ2) is 8.38. The summed E-state index contributed by atoms with van der Waals surface area (Å²) in [5.41, 5.74) is 2.03. The van der Waals surface area contributed by atoms with Gasteiger partial charge in [0.05, 0.1) is 5.41 Å². The largest absolute Gasteiger partial charge is 0.381 e. The molecule has 2 aliphatic rings. The Morgan fingerprint density at radius 2 is 1.54 bits per heavy atom. The van der Waals surface area contributed by atoms with E-state index >= 15 is 0 Å². The zero-order chi connectivity index (χ0) is 19.5. The number of amides is 1. The van der Waals surface area contributed by atoms with Crippen LogP contribution in [0.4, 0.5) is 0 Å². The minimum atomic E-state index is -0.491. The van der Waals surface area contributed by atoms with Gasteiger partial charge in [0.15, 0.2) is 0 Å². The van der Waals surface area contributed by atoms with E-state index < -0.39 is 5.41 Å². The topological polar surface area (TPSA) is 38.3 Å². The first kappa shape index (κ1) is 19.7. The van der Waals surface area contributed by atoms with Gasteiger partial charge in [-0.2, -0.15) is 0 Å². The highest BCUT2D eigenvalue weighted by Gasteiger charge is 2.43. The predicted octanol–water partition coefficient (Wildman–Crippen LogP) is 5.13. The van der Waals surface area contributed by atoms with Crippen molar-refractivity contribution in [3.05, 3.63) is 70.2 Å². The van der Waals surface area contributed by atoms with Gasteiger partial charge in [-0.15, -0.1) is 0 Å². The van der Waals surface area contributed by atoms with Crippen molar-refractivity contribution in [2.45, 2.75) is 49.4 Å². The molecule has 4 rings (SSSR count). The minimum absolute atomic E-state index is 0.0724. The van der Waals surface area contributed by atoms with Crippen molar-refractivity contribution < 1.29 is 9.53 Å². The highest BCUT2D eigenvalue weighted by molar-refractivity contribution is 9.10. The molecule has 1 saturated heterocycles. The van der Waals surface area contributed by atoms with Crippen LogP contribution < -0.4 is 5.32 Å². The molecular formula is C24H28BrNO2. The number of carbonyl (C=O) groups is 1. The second-order valence-corrected chi connectivity index (χ2v) is 9.15. The maximum absolute atomic E-state index is 13.6. The van der Waals surface area contributed by atoms with Crippen LogP contribution in [0.2, 0.25) is 0 Å². The summed E-state index contributed by atoms with van der Waals surface area (Å²) in [6.45, 7) is 1.98. The van der Waals surface area contributed by atoms with Crippen molar-refractivity contribution in [2.24, 2.45) is 0 Å². The Hall–Kier alpha value is -1.65. The number of nitrogens with one attached hydrogen (secondary N) is 1. The second-order valence-electron chi connectivity index (χ2n) is 8.24. The van der Waals surface area contributed by atoms with Crippen LogP contribution in [0.15, 0.2) is 59.1 Å². The summed E-state index contributed by atoms with van der Waals surface area (Å²) in [7, 11) is 0. The number of hydrogen-bond donors (Lipinski definition) is 1. The van der Waals surface area contributed by atoms with Gasteiger partial charge >= 0.3 is 0 Å². The summed E-state index contributed by atoms with van der Waals surface area (Å²) in [5, 5.41) is 3.38. The molecule has 1 aliphatic carbocycles. The monoisotopic (exact) mass is 441 g/mol. The van der Waals surface area contributed by atoms with Gasteiger partial charge in [0, 0.05) is 29.6 Å². The molecule has 0 aromatic heterocycles. The fourth-order valence-corrected chi connectivity index (χ4v) is 5.23. The lowest BCUT2D eigenvalue weighted by molar-refractivity contribution is -0.130. The number of carbonyl (C=O) groups excluding carboxylic acids is 1. The van der Waals surface area contributed by atoms with Crippen molar-refractivity contribution >= 4 is 21.8 Å². The standard InChI is InChI=1S/C24H28BrNO2/c25-21-10-8-20(9-11-21)24(14-16-28-17-15-24)22(27)26-18-23(12-4-5-13-23)19-6-2-1-3-7-19/h1-3,6-11H,4-5,12-18H2,(H,26,27). The lowest BCUT2D eigenvalue weighted by Gasteiger charge is -2.38. The van der Waals surface area contributed by atoms with E-state index in [1.807, 2.05) is 12.1 Å². The molecule has 28 heavy (non-hydrogen) atoms. The van der Waals surface area contributed by atoms with Crippen LogP contribution in [0.25, 0.3) is 0 Å². The Morgan fingerprint density at radius 1 is 0.893 bits per heavy atom. The normalized spacial score (nSPS) is 20.6. The molecule has 3 nitrogen and oxygen atoms in total. The van der Waals surface area contributed by atoms with E-state index in [-0.39, 0.29) is 11.3 Å². The molecule has 0 unspecified atom stereocenters. The summed E-state index contributed by atoms with van der Waals surface area (Å²) >= 11 is 3.51. The maximum atomic E-state index is 13.6.